The van der Waals surface area contributed by atoms with Gasteiger partial charge in [0.25, 0.3) is 0 Å². The van der Waals surface area contributed by atoms with Crippen LogP contribution < -0.4 is 0 Å². The zero-order chi connectivity index (χ0) is 15.2. The van der Waals surface area contributed by atoms with Crippen LogP contribution in [-0.2, 0) is 0 Å². The topological polar surface area (TPSA) is 0 Å². The van der Waals surface area contributed by atoms with Crippen molar-refractivity contribution in [3.63, 3.8) is 0 Å². The van der Waals surface area contributed by atoms with Crippen LogP contribution in [0.25, 0.3) is 11.1 Å². The van der Waals surface area contributed by atoms with E-state index in [9.17, 15) is 0 Å². The number of rotatable bonds is 1. The molecule has 2 aromatic rings. The van der Waals surface area contributed by atoms with Crippen molar-refractivity contribution in [1.82, 2.24) is 0 Å². The Bertz CT molecular complexity index is 678. The zero-order valence-electron chi connectivity index (χ0n) is 9.18. The first-order chi connectivity index (χ1) is 9.27. The van der Waals surface area contributed by atoms with E-state index in [1.165, 1.54) is 0 Å². The minimum Gasteiger partial charge on any atom is -0.0827 e. The molecule has 0 radical (unpaired) electrons. The van der Waals surface area contributed by atoms with Crippen molar-refractivity contribution >= 4 is 92.8 Å². The normalized spacial score (nSPS) is 11.0. The molecule has 2 aromatic carbocycles. The van der Waals surface area contributed by atoms with Crippen LogP contribution in [0.3, 0.4) is 0 Å². The van der Waals surface area contributed by atoms with Crippen LogP contribution in [0.4, 0.5) is 0 Å². The maximum atomic E-state index is 6.18. The highest BCUT2D eigenvalue weighted by Crippen LogP contribution is 2.50. The largest absolute Gasteiger partial charge is 0.0827 e. The van der Waals surface area contributed by atoms with Crippen molar-refractivity contribution in [3.05, 3.63) is 52.3 Å². The molecule has 0 bridgehead atoms. The van der Waals surface area contributed by atoms with E-state index in [0.717, 1.165) is 0 Å². The van der Waals surface area contributed by atoms with E-state index < -0.39 is 0 Å². The first-order valence-corrected chi connectivity index (χ1v) is 7.95. The minimum absolute atomic E-state index is 0.0725. The predicted molar refractivity (Wildman–Crippen MR) is 92.0 cm³/mol. The lowest BCUT2D eigenvalue weighted by molar-refractivity contribution is 1.61. The van der Waals surface area contributed by atoms with Crippen LogP contribution in [0.15, 0.2) is 12.1 Å². The number of benzene rings is 2. The van der Waals surface area contributed by atoms with Crippen LogP contribution in [0, 0.1) is 0 Å². The number of hydrogen-bond acceptors (Lipinski definition) is 0. The Kier molecular flexibility index (Phi) is 5.55. The lowest BCUT2D eigenvalue weighted by atomic mass is 10.1. The fraction of sp³-hybridized carbons (Fsp3) is 0. The van der Waals surface area contributed by atoms with Gasteiger partial charge >= 0.3 is 0 Å². The first-order valence-electron chi connectivity index (χ1n) is 4.92. The van der Waals surface area contributed by atoms with Crippen molar-refractivity contribution in [2.75, 3.05) is 0 Å². The third-order valence-electron chi connectivity index (χ3n) is 2.51. The Balaban J connectivity index is 2.87. The van der Waals surface area contributed by atoms with Crippen molar-refractivity contribution < 1.29 is 0 Å². The third-order valence-corrected chi connectivity index (χ3v) is 6.08. The Morgan fingerprint density at radius 1 is 0.450 bits per heavy atom. The summed E-state index contributed by atoms with van der Waals surface area (Å²) >= 11 is 48.4. The Hall–Kier alpha value is 0.760. The lowest BCUT2D eigenvalue weighted by Gasteiger charge is -2.14. The van der Waals surface area contributed by atoms with Crippen LogP contribution >= 0.6 is 92.8 Å². The Labute approximate surface area is 155 Å². The molecule has 0 amide bonds. The second-order valence-corrected chi connectivity index (χ2v) is 6.72. The SMILES string of the molecule is Clc1ccc(-c2c(Cl)c(Cl)c(Cl)c(Cl)c2Cl)c(Cl)c1Cl. The number of halogens is 8. The van der Waals surface area contributed by atoms with E-state index in [0.29, 0.717) is 16.1 Å². The summed E-state index contributed by atoms with van der Waals surface area (Å²) in [6, 6.07) is 3.18. The molecule has 0 saturated carbocycles. The average molecular weight is 430 g/mol. The van der Waals surface area contributed by atoms with E-state index in [2.05, 4.69) is 0 Å². The maximum Gasteiger partial charge on any atom is 0.0809 e. The van der Waals surface area contributed by atoms with E-state index >= 15 is 0 Å². The number of hydrogen-bond donors (Lipinski definition) is 0. The molecule has 0 unspecified atom stereocenters. The smallest absolute Gasteiger partial charge is 0.0809 e. The second-order valence-electron chi connectivity index (χ2n) is 3.67. The predicted octanol–water partition coefficient (Wildman–Crippen LogP) is 8.58. The molecule has 0 aliphatic carbocycles. The van der Waals surface area contributed by atoms with Gasteiger partial charge in [0.2, 0.25) is 0 Å². The third kappa shape index (κ3) is 2.83. The molecule has 0 N–H and O–H groups in total. The molecule has 2 rings (SSSR count). The second kappa shape index (κ2) is 6.48. The quantitative estimate of drug-likeness (QED) is 0.314. The summed E-state index contributed by atoms with van der Waals surface area (Å²) in [5, 5.41) is 1.18. The molecular formula is C12H2Cl8. The van der Waals surface area contributed by atoms with Gasteiger partial charge in [-0.2, -0.15) is 0 Å². The molecule has 0 atom stereocenters. The monoisotopic (exact) mass is 426 g/mol. The van der Waals surface area contributed by atoms with Crippen LogP contribution in [0.2, 0.25) is 40.2 Å². The lowest BCUT2D eigenvalue weighted by Crippen LogP contribution is -1.88. The van der Waals surface area contributed by atoms with Gasteiger partial charge in [-0.3, -0.25) is 0 Å². The molecule has 0 heterocycles. The molecule has 8 heteroatoms. The van der Waals surface area contributed by atoms with Crippen LogP contribution in [0.5, 0.6) is 0 Å². The van der Waals surface area contributed by atoms with Crippen LogP contribution in [0.1, 0.15) is 0 Å². The molecule has 0 aromatic heterocycles. The molecule has 106 valence electrons. The van der Waals surface area contributed by atoms with Gasteiger partial charge in [-0.25, -0.2) is 0 Å². The standard InChI is InChI=1S/C12H2Cl8/c13-4-2-1-3(6(14)7(4)15)5-8(16)10(18)12(20)11(19)9(5)17/h1-2H. The molecule has 0 aliphatic rings. The first kappa shape index (κ1) is 17.1. The Morgan fingerprint density at radius 2 is 0.900 bits per heavy atom. The highest BCUT2D eigenvalue weighted by atomic mass is 35.5. The van der Waals surface area contributed by atoms with Crippen molar-refractivity contribution in [2.24, 2.45) is 0 Å². The van der Waals surface area contributed by atoms with E-state index in [1.54, 1.807) is 12.1 Å². The van der Waals surface area contributed by atoms with Crippen LogP contribution in [-0.4, -0.2) is 0 Å². The van der Waals surface area contributed by atoms with E-state index in [-0.39, 0.29) is 35.2 Å². The van der Waals surface area contributed by atoms with Crippen molar-refractivity contribution in [1.29, 1.82) is 0 Å². The van der Waals surface area contributed by atoms with Gasteiger partial charge in [0.1, 0.15) is 0 Å². The highest BCUT2D eigenvalue weighted by Gasteiger charge is 2.23. The summed E-state index contributed by atoms with van der Waals surface area (Å²) in [7, 11) is 0. The van der Waals surface area contributed by atoms with Crippen molar-refractivity contribution in [3.8, 4) is 11.1 Å². The van der Waals surface area contributed by atoms with Gasteiger partial charge in [0.05, 0.1) is 40.2 Å². The molecule has 20 heavy (non-hydrogen) atoms. The summed E-state index contributed by atoms with van der Waals surface area (Å²) in [4.78, 5) is 0. The molecule has 0 nitrogen and oxygen atoms in total. The van der Waals surface area contributed by atoms with Gasteiger partial charge in [-0.1, -0.05) is 98.9 Å². The molecular weight excluding hydrogens is 428 g/mol. The van der Waals surface area contributed by atoms with Gasteiger partial charge in [-0.05, 0) is 6.07 Å². The van der Waals surface area contributed by atoms with Gasteiger partial charge < -0.3 is 0 Å². The fourth-order valence-electron chi connectivity index (χ4n) is 1.56. The van der Waals surface area contributed by atoms with Crippen molar-refractivity contribution in [2.45, 2.75) is 0 Å². The summed E-state index contributed by atoms with van der Waals surface area (Å²) in [5.41, 5.74) is 0.799. The van der Waals surface area contributed by atoms with E-state index in [4.69, 9.17) is 92.8 Å². The highest BCUT2D eigenvalue weighted by molar-refractivity contribution is 6.57. The van der Waals surface area contributed by atoms with E-state index in [1.807, 2.05) is 0 Å². The minimum atomic E-state index is 0.0725. The summed E-state index contributed by atoms with van der Waals surface area (Å²) in [5.74, 6) is 0. The zero-order valence-corrected chi connectivity index (χ0v) is 15.2. The Morgan fingerprint density at radius 3 is 1.40 bits per heavy atom. The summed E-state index contributed by atoms with van der Waals surface area (Å²) < 4.78 is 0. The van der Waals surface area contributed by atoms with Gasteiger partial charge in [0, 0.05) is 11.1 Å². The summed E-state index contributed by atoms with van der Waals surface area (Å²) in [6.45, 7) is 0. The summed E-state index contributed by atoms with van der Waals surface area (Å²) in [6.07, 6.45) is 0. The van der Waals surface area contributed by atoms with Gasteiger partial charge in [0.15, 0.2) is 0 Å². The molecule has 0 spiro atoms. The molecule has 0 saturated heterocycles. The average Bonchev–Trinajstić information content (AvgIpc) is 2.43. The van der Waals surface area contributed by atoms with Gasteiger partial charge in [-0.15, -0.1) is 0 Å². The maximum absolute atomic E-state index is 6.18. The molecule has 0 fully saturated rings. The molecule has 0 aliphatic heterocycles. The fourth-order valence-corrected chi connectivity index (χ4v) is 3.53.